The van der Waals surface area contributed by atoms with Gasteiger partial charge < -0.3 is 19.3 Å². The Morgan fingerprint density at radius 2 is 1.75 bits per heavy atom. The molecule has 0 radical (unpaired) electrons. The Morgan fingerprint density at radius 3 is 2.45 bits per heavy atom. The van der Waals surface area contributed by atoms with Gasteiger partial charge in [0.1, 0.15) is 17.3 Å². The van der Waals surface area contributed by atoms with Crippen LogP contribution in [0.5, 0.6) is 17.2 Å². The molecule has 44 heavy (non-hydrogen) atoms. The predicted molar refractivity (Wildman–Crippen MR) is 169 cm³/mol. The number of carbonyl (C=O) groups excluding carboxylic acids is 2. The van der Waals surface area contributed by atoms with Crippen LogP contribution in [0.1, 0.15) is 57.7 Å². The van der Waals surface area contributed by atoms with E-state index in [0.29, 0.717) is 64.3 Å². The molecule has 3 aromatic carbocycles. The lowest BCUT2D eigenvalue weighted by Gasteiger charge is -2.24. The lowest BCUT2D eigenvalue weighted by Crippen LogP contribution is -2.29. The number of aromatic nitrogens is 1. The van der Waals surface area contributed by atoms with Crippen LogP contribution in [0.3, 0.4) is 0 Å². The molecule has 1 aliphatic rings. The summed E-state index contributed by atoms with van der Waals surface area (Å²) in [4.78, 5) is 33.2. The van der Waals surface area contributed by atoms with E-state index in [9.17, 15) is 19.1 Å². The molecule has 1 aliphatic heterocycles. The van der Waals surface area contributed by atoms with Crippen molar-refractivity contribution < 1.29 is 33.3 Å². The minimum Gasteiger partial charge on any atom is -0.507 e. The first-order valence-electron chi connectivity index (χ1n) is 14.7. The zero-order valence-corrected chi connectivity index (χ0v) is 25.9. The Balaban J connectivity index is 1.64. The molecule has 1 amide bonds. The minimum atomic E-state index is -1.04. The van der Waals surface area contributed by atoms with Gasteiger partial charge in [-0.3, -0.25) is 14.5 Å². The molecule has 230 valence electrons. The first kappa shape index (κ1) is 31.0. The summed E-state index contributed by atoms with van der Waals surface area (Å²) in [5, 5.41) is 11.8. The number of rotatable bonds is 12. The Kier molecular flexibility index (Phi) is 9.49. The number of aliphatic hydroxyl groups is 1. The summed E-state index contributed by atoms with van der Waals surface area (Å²) in [6, 6.07) is 15.0. The highest BCUT2D eigenvalue weighted by Gasteiger charge is 2.48. The van der Waals surface area contributed by atoms with Crippen molar-refractivity contribution in [3.05, 3.63) is 83.2 Å². The van der Waals surface area contributed by atoms with Crippen molar-refractivity contribution in [2.75, 3.05) is 24.7 Å². The van der Waals surface area contributed by atoms with Crippen LogP contribution < -0.4 is 19.1 Å². The predicted octanol–water partition coefficient (Wildman–Crippen LogP) is 7.67. The molecule has 1 atom stereocenters. The SMILES string of the molecule is CCCOc1ccc(C(O)=C2C(=O)C(=O)N(c3nc4ccc(F)cc4s3)C2c2ccc(OCCC(C)C)c(OCC)c2)cc1. The first-order chi connectivity index (χ1) is 21.2. The molecule has 0 saturated carbocycles. The van der Waals surface area contributed by atoms with E-state index in [2.05, 4.69) is 18.8 Å². The van der Waals surface area contributed by atoms with Crippen LogP contribution in [0.15, 0.2) is 66.2 Å². The summed E-state index contributed by atoms with van der Waals surface area (Å²) in [6.07, 6.45) is 1.70. The summed E-state index contributed by atoms with van der Waals surface area (Å²) in [6.45, 7) is 9.48. The maximum atomic E-state index is 14.0. The van der Waals surface area contributed by atoms with Gasteiger partial charge in [0.25, 0.3) is 5.78 Å². The van der Waals surface area contributed by atoms with Crippen LogP contribution in [0, 0.1) is 11.7 Å². The van der Waals surface area contributed by atoms with E-state index in [1.807, 2.05) is 13.8 Å². The van der Waals surface area contributed by atoms with Gasteiger partial charge in [0.2, 0.25) is 0 Å². The summed E-state index contributed by atoms with van der Waals surface area (Å²) in [7, 11) is 0. The number of carbonyl (C=O) groups is 2. The molecule has 10 heteroatoms. The maximum Gasteiger partial charge on any atom is 0.301 e. The number of anilines is 1. The molecule has 1 saturated heterocycles. The van der Waals surface area contributed by atoms with Gasteiger partial charge in [-0.15, -0.1) is 0 Å². The smallest absolute Gasteiger partial charge is 0.301 e. The number of amides is 1. The van der Waals surface area contributed by atoms with E-state index >= 15 is 0 Å². The highest BCUT2D eigenvalue weighted by Crippen LogP contribution is 2.46. The lowest BCUT2D eigenvalue weighted by molar-refractivity contribution is -0.132. The van der Waals surface area contributed by atoms with Crippen molar-refractivity contribution in [3.8, 4) is 17.2 Å². The molecule has 0 bridgehead atoms. The Bertz CT molecular complexity index is 1700. The van der Waals surface area contributed by atoms with Gasteiger partial charge in [-0.1, -0.05) is 38.2 Å². The molecule has 2 heterocycles. The fourth-order valence-electron chi connectivity index (χ4n) is 4.91. The van der Waals surface area contributed by atoms with Crippen molar-refractivity contribution in [3.63, 3.8) is 0 Å². The summed E-state index contributed by atoms with van der Waals surface area (Å²) in [5.74, 6) is -0.425. The molecule has 1 N–H and O–H groups in total. The number of ether oxygens (including phenoxy) is 3. The van der Waals surface area contributed by atoms with Gasteiger partial charge in [0, 0.05) is 5.56 Å². The van der Waals surface area contributed by atoms with Crippen molar-refractivity contribution in [1.82, 2.24) is 4.98 Å². The third-order valence-corrected chi connectivity index (χ3v) is 8.14. The number of hydrogen-bond acceptors (Lipinski definition) is 8. The number of thiazole rings is 1. The monoisotopic (exact) mass is 618 g/mol. The number of nitrogens with zero attached hydrogens (tertiary/aromatic N) is 2. The molecule has 1 aromatic heterocycles. The van der Waals surface area contributed by atoms with E-state index in [1.165, 1.54) is 23.1 Å². The minimum absolute atomic E-state index is 0.0985. The van der Waals surface area contributed by atoms with Gasteiger partial charge in [-0.25, -0.2) is 9.37 Å². The molecule has 0 aliphatic carbocycles. The van der Waals surface area contributed by atoms with Crippen molar-refractivity contribution in [2.45, 2.75) is 46.6 Å². The number of benzene rings is 3. The van der Waals surface area contributed by atoms with E-state index in [1.54, 1.807) is 42.5 Å². The lowest BCUT2D eigenvalue weighted by atomic mass is 9.95. The molecule has 8 nitrogen and oxygen atoms in total. The van der Waals surface area contributed by atoms with E-state index in [0.717, 1.165) is 24.2 Å². The van der Waals surface area contributed by atoms with Gasteiger partial charge in [-0.05, 0) is 85.8 Å². The third kappa shape index (κ3) is 6.40. The number of fused-ring (bicyclic) bond motifs is 1. The van der Waals surface area contributed by atoms with Crippen molar-refractivity contribution in [2.24, 2.45) is 5.92 Å². The Hall–Kier alpha value is -4.44. The van der Waals surface area contributed by atoms with Gasteiger partial charge in [-0.2, -0.15) is 0 Å². The Labute approximate surface area is 259 Å². The fourth-order valence-corrected chi connectivity index (χ4v) is 5.92. The summed E-state index contributed by atoms with van der Waals surface area (Å²) < 4.78 is 32.1. The average molecular weight is 619 g/mol. The standard InChI is InChI=1S/C34H35FN2O6S/c1-5-16-42-24-11-7-21(8-12-24)31(38)29-30(22-9-14-26(27(18-22)41-6-2)43-17-15-20(3)4)37(33(40)32(29)39)34-36-25-13-10-23(35)19-28(25)44-34/h7-14,18-20,30,38H,5-6,15-17H2,1-4H3. The molecule has 4 aromatic rings. The second-order valence-corrected chi connectivity index (χ2v) is 11.8. The maximum absolute atomic E-state index is 14.0. The van der Waals surface area contributed by atoms with E-state index < -0.39 is 23.5 Å². The van der Waals surface area contributed by atoms with E-state index in [-0.39, 0.29) is 16.5 Å². The van der Waals surface area contributed by atoms with Crippen LogP contribution in [-0.2, 0) is 9.59 Å². The number of ketones is 1. The van der Waals surface area contributed by atoms with Crippen molar-refractivity contribution in [1.29, 1.82) is 0 Å². The van der Waals surface area contributed by atoms with E-state index in [4.69, 9.17) is 14.2 Å². The highest BCUT2D eigenvalue weighted by atomic mass is 32.1. The van der Waals surface area contributed by atoms with Crippen LogP contribution in [0.25, 0.3) is 16.0 Å². The largest absolute Gasteiger partial charge is 0.507 e. The zero-order valence-electron chi connectivity index (χ0n) is 25.1. The molecule has 1 fully saturated rings. The fraction of sp³-hybridized carbons (Fsp3) is 0.324. The van der Waals surface area contributed by atoms with Crippen LogP contribution >= 0.6 is 11.3 Å². The van der Waals surface area contributed by atoms with Gasteiger partial charge in [0.15, 0.2) is 16.6 Å². The highest BCUT2D eigenvalue weighted by molar-refractivity contribution is 7.22. The van der Waals surface area contributed by atoms with Gasteiger partial charge >= 0.3 is 5.91 Å². The number of Topliss-reactive ketones (excluding diaryl/α,β-unsaturated/α-hetero) is 1. The third-order valence-electron chi connectivity index (χ3n) is 7.13. The molecular weight excluding hydrogens is 583 g/mol. The second kappa shape index (κ2) is 13.5. The van der Waals surface area contributed by atoms with Crippen molar-refractivity contribution >= 4 is 44.1 Å². The molecular formula is C34H35FN2O6S. The average Bonchev–Trinajstić information content (AvgIpc) is 3.53. The van der Waals surface area contributed by atoms with Crippen LogP contribution in [-0.4, -0.2) is 41.6 Å². The van der Waals surface area contributed by atoms with Gasteiger partial charge in [0.05, 0.1) is 41.7 Å². The first-order valence-corrected chi connectivity index (χ1v) is 15.5. The van der Waals surface area contributed by atoms with Crippen LogP contribution in [0.2, 0.25) is 0 Å². The number of halogens is 1. The molecule has 5 rings (SSSR count). The Morgan fingerprint density at radius 1 is 0.977 bits per heavy atom. The molecule has 1 unspecified atom stereocenters. The molecule has 0 spiro atoms. The number of aliphatic hydroxyl groups excluding tert-OH is 1. The normalized spacial score (nSPS) is 16.2. The quantitative estimate of drug-likeness (QED) is 0.0988. The summed E-state index contributed by atoms with van der Waals surface area (Å²) >= 11 is 1.09. The topological polar surface area (TPSA) is 98.2 Å². The summed E-state index contributed by atoms with van der Waals surface area (Å²) in [5.41, 5.74) is 1.25. The van der Waals surface area contributed by atoms with Crippen LogP contribution in [0.4, 0.5) is 9.52 Å². The zero-order chi connectivity index (χ0) is 31.4. The number of hydrogen-bond donors (Lipinski definition) is 1. The second-order valence-electron chi connectivity index (χ2n) is 10.8.